The minimum Gasteiger partial charge on any atom is -0.309 e. The molecule has 0 aromatic heterocycles. The molecule has 1 amide bonds. The van der Waals surface area contributed by atoms with Crippen molar-refractivity contribution in [3.8, 4) is 0 Å². The molecule has 0 saturated carbocycles. The van der Waals surface area contributed by atoms with Gasteiger partial charge in [-0.3, -0.25) is 9.59 Å². The van der Waals surface area contributed by atoms with E-state index in [0.717, 1.165) is 25.1 Å². The summed E-state index contributed by atoms with van der Waals surface area (Å²) < 4.78 is 0.454. The van der Waals surface area contributed by atoms with Crippen molar-refractivity contribution in [2.45, 2.75) is 37.7 Å². The molecule has 27 heavy (non-hydrogen) atoms. The Morgan fingerprint density at radius 2 is 1.59 bits per heavy atom. The summed E-state index contributed by atoms with van der Waals surface area (Å²) in [6.07, 6.45) is 3.13. The van der Waals surface area contributed by atoms with Crippen LogP contribution in [0.1, 0.15) is 31.4 Å². The molecule has 1 aliphatic heterocycles. The molecule has 3 nitrogen and oxygen atoms in total. The Labute approximate surface area is 185 Å². The van der Waals surface area contributed by atoms with Crippen LogP contribution in [-0.4, -0.2) is 45.5 Å². The fourth-order valence-electron chi connectivity index (χ4n) is 2.74. The number of hydrogen-bond donors (Lipinski definition) is 0. The zero-order valence-electron chi connectivity index (χ0n) is 15.7. The van der Waals surface area contributed by atoms with Gasteiger partial charge in [-0.1, -0.05) is 32.0 Å². The molecular formula is C19H26Cl3NO2S2. The Kier molecular flexibility index (Phi) is 12.9. The van der Waals surface area contributed by atoms with Gasteiger partial charge in [-0.2, -0.15) is 0 Å². The number of nitrogens with zero attached hydrogens (tertiary/aromatic N) is 1. The molecule has 0 N–H and O–H groups in total. The molecule has 152 valence electrons. The third kappa shape index (κ3) is 8.45. The van der Waals surface area contributed by atoms with Crippen LogP contribution in [0.25, 0.3) is 0 Å². The molecule has 1 aromatic carbocycles. The Morgan fingerprint density at radius 1 is 1.07 bits per heavy atom. The third-order valence-electron chi connectivity index (χ3n) is 3.98. The highest BCUT2D eigenvalue weighted by atomic mass is 35.5. The Morgan fingerprint density at radius 3 is 2.00 bits per heavy atom. The maximum absolute atomic E-state index is 12.5. The van der Waals surface area contributed by atoms with Gasteiger partial charge in [-0.05, 0) is 53.5 Å². The predicted octanol–water partition coefficient (Wildman–Crippen LogP) is 5.57. The Hall–Kier alpha value is -0.0700. The number of hydrogen-bond acceptors (Lipinski definition) is 4. The molecule has 1 fully saturated rings. The lowest BCUT2D eigenvalue weighted by Gasteiger charge is -2.31. The molecule has 8 heteroatoms. The first-order valence-corrected chi connectivity index (χ1v) is 12.5. The zero-order valence-corrected chi connectivity index (χ0v) is 19.6. The zero-order chi connectivity index (χ0) is 20.2. The number of anilines is 1. The number of halogens is 3. The summed E-state index contributed by atoms with van der Waals surface area (Å²) in [5, 5.41) is -0.508. The van der Waals surface area contributed by atoms with Crippen molar-refractivity contribution in [2.75, 3.05) is 34.7 Å². The van der Waals surface area contributed by atoms with E-state index in [1.54, 1.807) is 0 Å². The van der Waals surface area contributed by atoms with Crippen molar-refractivity contribution in [2.24, 2.45) is 0 Å². The second-order valence-electron chi connectivity index (χ2n) is 5.78. The lowest BCUT2D eigenvalue weighted by atomic mass is 10.0. The maximum Gasteiger partial charge on any atom is 0.241 e. The summed E-state index contributed by atoms with van der Waals surface area (Å²) in [4.78, 5) is 23.9. The van der Waals surface area contributed by atoms with Crippen molar-refractivity contribution in [1.29, 1.82) is 0 Å². The quantitative estimate of drug-likeness (QED) is 0.385. The monoisotopic (exact) mass is 469 g/mol. The Bertz CT molecular complexity index is 588. The van der Waals surface area contributed by atoms with Gasteiger partial charge in [0.25, 0.3) is 0 Å². The van der Waals surface area contributed by atoms with Crippen molar-refractivity contribution in [3.63, 3.8) is 0 Å². The number of carbonyl (C=O) groups excluding carboxylic acids is 2. The number of thioether (sulfide) groups is 2. The van der Waals surface area contributed by atoms with E-state index < -0.39 is 5.24 Å². The van der Waals surface area contributed by atoms with Gasteiger partial charge < -0.3 is 4.90 Å². The number of para-hydroxylation sites is 1. The molecule has 1 saturated heterocycles. The number of benzene rings is 1. The molecule has 1 aromatic rings. The van der Waals surface area contributed by atoms with Gasteiger partial charge in [0.15, 0.2) is 0 Å². The molecule has 0 bridgehead atoms. The van der Waals surface area contributed by atoms with E-state index in [2.05, 4.69) is 32.0 Å². The summed E-state index contributed by atoms with van der Waals surface area (Å²) >= 11 is 19.4. The fourth-order valence-corrected chi connectivity index (χ4v) is 5.69. The first-order valence-electron chi connectivity index (χ1n) is 8.92. The second kappa shape index (κ2) is 14.0. The van der Waals surface area contributed by atoms with Crippen LogP contribution < -0.4 is 4.90 Å². The van der Waals surface area contributed by atoms with Crippen molar-refractivity contribution < 1.29 is 9.59 Å². The predicted molar refractivity (Wildman–Crippen MR) is 123 cm³/mol. The van der Waals surface area contributed by atoms with Gasteiger partial charge in [-0.15, -0.1) is 46.7 Å². The normalized spacial score (nSPS) is 14.3. The van der Waals surface area contributed by atoms with E-state index in [1.807, 2.05) is 28.4 Å². The lowest BCUT2D eigenvalue weighted by Crippen LogP contribution is -2.38. The number of amides is 1. The van der Waals surface area contributed by atoms with Crippen molar-refractivity contribution in [1.82, 2.24) is 0 Å². The topological polar surface area (TPSA) is 37.4 Å². The molecule has 1 aliphatic rings. The molecule has 0 radical (unpaired) electrons. The van der Waals surface area contributed by atoms with Gasteiger partial charge in [0, 0.05) is 6.54 Å². The number of carbonyl (C=O) groups is 2. The van der Waals surface area contributed by atoms with E-state index >= 15 is 0 Å². The van der Waals surface area contributed by atoms with E-state index in [-0.39, 0.29) is 17.7 Å². The van der Waals surface area contributed by atoms with E-state index in [1.165, 1.54) is 29.1 Å². The summed E-state index contributed by atoms with van der Waals surface area (Å²) in [6.45, 7) is 5.04. The van der Waals surface area contributed by atoms with Crippen LogP contribution in [0, 0.1) is 0 Å². The van der Waals surface area contributed by atoms with Crippen molar-refractivity contribution in [3.05, 3.63) is 29.3 Å². The van der Waals surface area contributed by atoms with Gasteiger partial charge in [0.2, 0.25) is 11.1 Å². The fraction of sp³-hybridized carbons (Fsp3) is 0.579. The highest BCUT2D eigenvalue weighted by molar-refractivity contribution is 8.17. The maximum atomic E-state index is 12.5. The average molecular weight is 471 g/mol. The van der Waals surface area contributed by atoms with Crippen LogP contribution >= 0.6 is 58.3 Å². The first-order chi connectivity index (χ1) is 13.0. The van der Waals surface area contributed by atoms with Crippen LogP contribution in [-0.2, 0) is 22.4 Å². The SMILES string of the molecule is CCc1cccc(CC)c1N(CC1SCCCS1)C(=O)CCl.O=C(Cl)CCl. The minimum absolute atomic E-state index is 0.0176. The highest BCUT2D eigenvalue weighted by Crippen LogP contribution is 2.34. The van der Waals surface area contributed by atoms with Crippen LogP contribution in [0.4, 0.5) is 5.69 Å². The molecule has 2 rings (SSSR count). The Balaban J connectivity index is 0.000000646. The van der Waals surface area contributed by atoms with Crippen LogP contribution in [0.15, 0.2) is 18.2 Å². The average Bonchev–Trinajstić information content (AvgIpc) is 2.72. The van der Waals surface area contributed by atoms with Gasteiger partial charge in [0.05, 0.1) is 16.1 Å². The summed E-state index contributed by atoms with van der Waals surface area (Å²) in [7, 11) is 0. The van der Waals surface area contributed by atoms with Gasteiger partial charge in [-0.25, -0.2) is 0 Å². The first kappa shape index (κ1) is 25.0. The summed E-state index contributed by atoms with van der Waals surface area (Å²) in [5.74, 6) is 2.35. The van der Waals surface area contributed by atoms with E-state index in [9.17, 15) is 9.59 Å². The second-order valence-corrected chi connectivity index (χ2v) is 9.66. The third-order valence-corrected chi connectivity index (χ3v) is 7.63. The highest BCUT2D eigenvalue weighted by Gasteiger charge is 2.25. The van der Waals surface area contributed by atoms with Crippen LogP contribution in [0.2, 0.25) is 0 Å². The molecule has 1 heterocycles. The van der Waals surface area contributed by atoms with Crippen LogP contribution in [0.3, 0.4) is 0 Å². The molecule has 0 aliphatic carbocycles. The number of rotatable bonds is 7. The van der Waals surface area contributed by atoms with E-state index in [0.29, 0.717) is 4.58 Å². The summed E-state index contributed by atoms with van der Waals surface area (Å²) in [6, 6.07) is 6.35. The molecule has 0 atom stereocenters. The standard InChI is InChI=1S/C17H24ClNOS2.C2H2Cl2O/c1-3-13-7-5-8-14(4-2)17(13)19(15(20)11-18)12-16-21-9-6-10-22-16;3-1-2(4)5/h5,7-8,16H,3-4,6,9-12H2,1-2H3;1H2. The van der Waals surface area contributed by atoms with Crippen molar-refractivity contribution >= 4 is 75.2 Å². The smallest absolute Gasteiger partial charge is 0.241 e. The van der Waals surface area contributed by atoms with Gasteiger partial charge in [0.1, 0.15) is 5.88 Å². The largest absolute Gasteiger partial charge is 0.309 e. The molecule has 0 unspecified atom stereocenters. The summed E-state index contributed by atoms with van der Waals surface area (Å²) in [5.41, 5.74) is 3.58. The minimum atomic E-state index is -0.508. The molecule has 0 spiro atoms. The number of alkyl halides is 2. The van der Waals surface area contributed by atoms with E-state index in [4.69, 9.17) is 34.8 Å². The molecular weight excluding hydrogens is 445 g/mol. The van der Waals surface area contributed by atoms with Gasteiger partial charge >= 0.3 is 0 Å². The number of aryl methyl sites for hydroxylation is 2. The van der Waals surface area contributed by atoms with Crippen LogP contribution in [0.5, 0.6) is 0 Å². The lowest BCUT2D eigenvalue weighted by molar-refractivity contribution is -0.116.